The highest BCUT2D eigenvalue weighted by atomic mass is 32.4. The first kappa shape index (κ1) is 11.3. The molecule has 1 rings (SSSR count). The maximum absolute atomic E-state index is 12.7. The van der Waals surface area contributed by atoms with Crippen molar-refractivity contribution in [2.45, 2.75) is 0 Å². The Morgan fingerprint density at radius 3 is 1.50 bits per heavy atom. The average Bonchev–Trinajstić information content (AvgIpc) is 2.19. The van der Waals surface area contributed by atoms with Crippen LogP contribution in [0.25, 0.3) is 0 Å². The smallest absolute Gasteiger partial charge is 0.210 e. The summed E-state index contributed by atoms with van der Waals surface area (Å²) in [6.07, 6.45) is 0. The summed E-state index contributed by atoms with van der Waals surface area (Å²) in [5.74, 6) is -11.8. The molecule has 8 heteroatoms. The highest BCUT2D eigenvalue weighted by Gasteiger charge is 2.26. The van der Waals surface area contributed by atoms with Crippen LogP contribution in [0.3, 0.4) is 0 Å². The van der Waals surface area contributed by atoms with Crippen LogP contribution in [-0.2, 0) is 11.8 Å². The van der Waals surface area contributed by atoms with Gasteiger partial charge in [0, 0.05) is 0 Å². The zero-order valence-electron chi connectivity index (χ0n) is 6.15. The third-order valence-electron chi connectivity index (χ3n) is 1.30. The van der Waals surface area contributed by atoms with Gasteiger partial charge in [0.1, 0.15) is 0 Å². The number of rotatable bonds is 2. The molecule has 0 aliphatic rings. The van der Waals surface area contributed by atoms with Crippen molar-refractivity contribution in [1.29, 1.82) is 0 Å². The van der Waals surface area contributed by atoms with Gasteiger partial charge in [-0.2, -0.15) is 8.78 Å². The molecule has 1 aromatic carbocycles. The Kier molecular flexibility index (Phi) is 3.34. The molecular formula is C6F5OPS. The van der Waals surface area contributed by atoms with Gasteiger partial charge < -0.3 is 4.52 Å². The lowest BCUT2D eigenvalue weighted by Gasteiger charge is -2.04. The van der Waals surface area contributed by atoms with Gasteiger partial charge in [0.05, 0.1) is 0 Å². The predicted octanol–water partition coefficient (Wildman–Crippen LogP) is 3.08. The molecule has 0 unspecified atom stereocenters. The monoisotopic (exact) mass is 246 g/mol. The molecule has 0 aliphatic carbocycles. The minimum atomic E-state index is -2.23. The first-order chi connectivity index (χ1) is 6.50. The number of halogens is 5. The molecule has 0 heterocycles. The van der Waals surface area contributed by atoms with E-state index in [-0.39, 0.29) is 0 Å². The maximum atomic E-state index is 12.7. The fraction of sp³-hybridized carbons (Fsp3) is 0. The minimum Gasteiger partial charge on any atom is -0.422 e. The van der Waals surface area contributed by atoms with E-state index in [9.17, 15) is 22.0 Å². The molecule has 0 saturated heterocycles. The van der Waals surface area contributed by atoms with Crippen molar-refractivity contribution in [3.05, 3.63) is 29.1 Å². The summed E-state index contributed by atoms with van der Waals surface area (Å²) in [6.45, 7) is 0. The van der Waals surface area contributed by atoms with Crippen LogP contribution >= 0.6 is 7.58 Å². The molecule has 0 amide bonds. The van der Waals surface area contributed by atoms with Crippen LogP contribution < -0.4 is 4.52 Å². The minimum absolute atomic E-state index is 0.391. The third kappa shape index (κ3) is 1.69. The molecule has 0 atom stereocenters. The fourth-order valence-corrected chi connectivity index (χ4v) is 1.16. The van der Waals surface area contributed by atoms with Crippen molar-refractivity contribution in [2.75, 3.05) is 0 Å². The van der Waals surface area contributed by atoms with E-state index in [1.165, 1.54) is 0 Å². The summed E-state index contributed by atoms with van der Waals surface area (Å²) in [6, 6.07) is 0. The zero-order valence-corrected chi connectivity index (χ0v) is 7.86. The van der Waals surface area contributed by atoms with Crippen molar-refractivity contribution in [3.63, 3.8) is 0 Å². The summed E-state index contributed by atoms with van der Waals surface area (Å²) in [7, 11) is -0.391. The second-order valence-electron chi connectivity index (χ2n) is 2.06. The quantitative estimate of drug-likeness (QED) is 0.343. The van der Waals surface area contributed by atoms with E-state index in [2.05, 4.69) is 16.3 Å². The number of hydrogen-bond donors (Lipinski definition) is 0. The summed E-state index contributed by atoms with van der Waals surface area (Å²) < 4.78 is 66.8. The Morgan fingerprint density at radius 2 is 1.14 bits per heavy atom. The van der Waals surface area contributed by atoms with E-state index in [0.717, 1.165) is 0 Å². The van der Waals surface area contributed by atoms with Crippen LogP contribution in [0.5, 0.6) is 5.75 Å². The first-order valence-electron chi connectivity index (χ1n) is 3.01. The van der Waals surface area contributed by atoms with Gasteiger partial charge in [0.15, 0.2) is 0 Å². The topological polar surface area (TPSA) is 9.23 Å². The largest absolute Gasteiger partial charge is 0.422 e. The van der Waals surface area contributed by atoms with Crippen LogP contribution in [0.1, 0.15) is 0 Å². The molecular weight excluding hydrogens is 246 g/mol. The molecule has 0 aromatic heterocycles. The van der Waals surface area contributed by atoms with Crippen LogP contribution in [0.2, 0.25) is 0 Å². The second-order valence-corrected chi connectivity index (χ2v) is 2.84. The van der Waals surface area contributed by atoms with E-state index in [1.807, 2.05) is 0 Å². The first-order valence-corrected chi connectivity index (χ1v) is 4.84. The highest BCUT2D eigenvalue weighted by molar-refractivity contribution is 7.94. The van der Waals surface area contributed by atoms with E-state index in [0.29, 0.717) is 0 Å². The molecule has 0 saturated carbocycles. The second kappa shape index (κ2) is 4.14. The lowest BCUT2D eigenvalue weighted by Crippen LogP contribution is -2.02. The standard InChI is InChI=1S/C6F5OPS/c7-1-2(8)4(10)6(12-13-14)5(11)3(1)9. The van der Waals surface area contributed by atoms with Gasteiger partial charge in [-0.05, 0) is 11.8 Å². The molecule has 0 bridgehead atoms. The van der Waals surface area contributed by atoms with Gasteiger partial charge in [-0.3, -0.25) is 0 Å². The van der Waals surface area contributed by atoms with Gasteiger partial charge >= 0.3 is 0 Å². The molecule has 1 aromatic rings. The average molecular weight is 246 g/mol. The lowest BCUT2D eigenvalue weighted by atomic mass is 10.3. The van der Waals surface area contributed by atoms with Crippen molar-refractivity contribution in [3.8, 4) is 5.75 Å². The van der Waals surface area contributed by atoms with Crippen LogP contribution in [0.15, 0.2) is 0 Å². The van der Waals surface area contributed by atoms with Crippen molar-refractivity contribution < 1.29 is 26.5 Å². The van der Waals surface area contributed by atoms with Crippen LogP contribution in [0, 0.1) is 29.1 Å². The molecule has 1 nitrogen and oxygen atoms in total. The van der Waals surface area contributed by atoms with Gasteiger partial charge in [0.2, 0.25) is 42.4 Å². The van der Waals surface area contributed by atoms with Crippen molar-refractivity contribution in [1.82, 2.24) is 0 Å². The van der Waals surface area contributed by atoms with Gasteiger partial charge in [-0.25, -0.2) is 13.2 Å². The van der Waals surface area contributed by atoms with Gasteiger partial charge in [0.25, 0.3) is 0 Å². The molecule has 0 N–H and O–H groups in total. The van der Waals surface area contributed by atoms with E-state index >= 15 is 0 Å². The Labute approximate surface area is 81.4 Å². The van der Waals surface area contributed by atoms with E-state index in [4.69, 9.17) is 0 Å². The Morgan fingerprint density at radius 1 is 0.786 bits per heavy atom. The van der Waals surface area contributed by atoms with E-state index in [1.54, 1.807) is 0 Å². The van der Waals surface area contributed by atoms with Crippen LogP contribution in [-0.4, -0.2) is 0 Å². The molecule has 14 heavy (non-hydrogen) atoms. The maximum Gasteiger partial charge on any atom is 0.210 e. The predicted molar refractivity (Wildman–Crippen MR) is 41.1 cm³/mol. The molecule has 0 fully saturated rings. The summed E-state index contributed by atoms with van der Waals surface area (Å²) in [5.41, 5.74) is 0. The third-order valence-corrected chi connectivity index (χ3v) is 1.78. The fourth-order valence-electron chi connectivity index (χ4n) is 0.702. The Hall–Kier alpha value is -0.810. The number of hydrogen-bond acceptors (Lipinski definition) is 2. The zero-order chi connectivity index (χ0) is 10.9. The molecule has 0 aliphatic heterocycles. The highest BCUT2D eigenvalue weighted by Crippen LogP contribution is 2.30. The summed E-state index contributed by atoms with van der Waals surface area (Å²) >= 11 is 4.15. The van der Waals surface area contributed by atoms with Gasteiger partial charge in [-0.15, -0.1) is 0 Å². The SMILES string of the molecule is Fc1c(F)c(F)c(OP=S)c(F)c1F. The van der Waals surface area contributed by atoms with Crippen LogP contribution in [0.4, 0.5) is 22.0 Å². The Balaban J connectivity index is 3.50. The lowest BCUT2D eigenvalue weighted by molar-refractivity contribution is 0.355. The molecule has 0 radical (unpaired) electrons. The summed E-state index contributed by atoms with van der Waals surface area (Å²) in [4.78, 5) is 0. The Bertz CT molecular complexity index is 367. The van der Waals surface area contributed by atoms with E-state index < -0.39 is 42.4 Å². The number of benzene rings is 1. The molecule has 76 valence electrons. The molecule has 0 spiro atoms. The van der Waals surface area contributed by atoms with Crippen molar-refractivity contribution >= 4 is 19.4 Å². The van der Waals surface area contributed by atoms with Gasteiger partial charge in [-0.1, -0.05) is 0 Å². The normalized spacial score (nSPS) is 10.6. The summed E-state index contributed by atoms with van der Waals surface area (Å²) in [5, 5.41) is 0. The van der Waals surface area contributed by atoms with Crippen molar-refractivity contribution in [2.24, 2.45) is 0 Å².